The number of nitrogens with one attached hydrogen (secondary N) is 2. The molecule has 0 saturated carbocycles. The summed E-state index contributed by atoms with van der Waals surface area (Å²) in [5.74, 6) is -1.11. The fraction of sp³-hybridized carbons (Fsp3) is 0.300. The van der Waals surface area contributed by atoms with E-state index in [-0.39, 0.29) is 30.1 Å². The zero-order valence-corrected chi connectivity index (χ0v) is 14.7. The van der Waals surface area contributed by atoms with Gasteiger partial charge >= 0.3 is 0 Å². The van der Waals surface area contributed by atoms with Crippen LogP contribution < -0.4 is 10.6 Å². The van der Waals surface area contributed by atoms with Crippen LogP contribution in [0.15, 0.2) is 48.5 Å². The molecule has 2 N–H and O–H groups in total. The van der Waals surface area contributed by atoms with E-state index in [4.69, 9.17) is 0 Å². The Morgan fingerprint density at radius 3 is 2.28 bits per heavy atom. The number of halogens is 1. The van der Waals surface area contributed by atoms with Crippen molar-refractivity contribution in [2.75, 3.05) is 0 Å². The molecule has 0 spiro atoms. The summed E-state index contributed by atoms with van der Waals surface area (Å²) in [6.07, 6.45) is 0. The maximum Gasteiger partial charge on any atom is 0.251 e. The van der Waals surface area contributed by atoms with Crippen LogP contribution in [0.25, 0.3) is 0 Å². The largest absolute Gasteiger partial charge is 0.350 e. The number of amides is 2. The van der Waals surface area contributed by atoms with Crippen molar-refractivity contribution in [1.82, 2.24) is 10.6 Å². The molecule has 2 aromatic rings. The lowest BCUT2D eigenvalue weighted by Gasteiger charge is -2.22. The average Bonchev–Trinajstić information content (AvgIpc) is 2.58. The van der Waals surface area contributed by atoms with E-state index in [1.54, 1.807) is 30.3 Å². The molecule has 1 atom stereocenters. The van der Waals surface area contributed by atoms with Crippen LogP contribution in [-0.2, 0) is 11.3 Å². The molecule has 0 aliphatic carbocycles. The van der Waals surface area contributed by atoms with Crippen LogP contribution in [0.4, 0.5) is 4.39 Å². The van der Waals surface area contributed by atoms with Gasteiger partial charge in [0.25, 0.3) is 5.91 Å². The maximum absolute atomic E-state index is 13.6. The van der Waals surface area contributed by atoms with Gasteiger partial charge in [-0.2, -0.15) is 0 Å². The van der Waals surface area contributed by atoms with Crippen molar-refractivity contribution in [2.24, 2.45) is 5.92 Å². The van der Waals surface area contributed by atoms with Crippen LogP contribution in [0.1, 0.15) is 35.3 Å². The maximum atomic E-state index is 13.6. The molecule has 4 nitrogen and oxygen atoms in total. The van der Waals surface area contributed by atoms with Gasteiger partial charge in [0, 0.05) is 17.7 Å². The third-order valence-corrected chi connectivity index (χ3v) is 3.96. The van der Waals surface area contributed by atoms with E-state index in [2.05, 4.69) is 10.6 Å². The Bertz CT molecular complexity index is 742. The van der Waals surface area contributed by atoms with Gasteiger partial charge in [0.1, 0.15) is 11.9 Å². The molecular weight excluding hydrogens is 319 g/mol. The molecule has 0 bridgehead atoms. The van der Waals surface area contributed by atoms with Gasteiger partial charge in [0.15, 0.2) is 0 Å². The molecule has 2 rings (SSSR count). The van der Waals surface area contributed by atoms with Crippen molar-refractivity contribution < 1.29 is 14.0 Å². The number of hydrogen-bond acceptors (Lipinski definition) is 2. The number of carbonyl (C=O) groups excluding carboxylic acids is 2. The predicted octanol–water partition coefficient (Wildman–Crippen LogP) is 3.20. The monoisotopic (exact) mass is 342 g/mol. The van der Waals surface area contributed by atoms with Crippen LogP contribution >= 0.6 is 0 Å². The van der Waals surface area contributed by atoms with E-state index >= 15 is 0 Å². The lowest BCUT2D eigenvalue weighted by Crippen LogP contribution is -2.49. The van der Waals surface area contributed by atoms with Gasteiger partial charge in [0.05, 0.1) is 0 Å². The molecule has 0 fully saturated rings. The van der Waals surface area contributed by atoms with Crippen molar-refractivity contribution in [1.29, 1.82) is 0 Å². The highest BCUT2D eigenvalue weighted by Gasteiger charge is 2.24. The smallest absolute Gasteiger partial charge is 0.251 e. The molecule has 5 heteroatoms. The van der Waals surface area contributed by atoms with Gasteiger partial charge in [-0.05, 0) is 31.0 Å². The second-order valence-corrected chi connectivity index (χ2v) is 6.37. The standard InChI is InChI=1S/C20H23FN2O2/c1-13(2)18(23-19(24)15-10-8-14(3)9-11-15)20(25)22-12-16-6-4-5-7-17(16)21/h4-11,13,18H,12H2,1-3H3,(H,22,25)(H,23,24). The summed E-state index contributed by atoms with van der Waals surface area (Å²) in [6.45, 7) is 5.72. The fourth-order valence-corrected chi connectivity index (χ4v) is 2.40. The van der Waals surface area contributed by atoms with Crippen molar-refractivity contribution >= 4 is 11.8 Å². The average molecular weight is 342 g/mol. The Morgan fingerprint density at radius 2 is 1.68 bits per heavy atom. The van der Waals surface area contributed by atoms with Crippen LogP contribution in [0, 0.1) is 18.7 Å². The first-order chi connectivity index (χ1) is 11.9. The molecular formula is C20H23FN2O2. The third kappa shape index (κ3) is 5.14. The molecule has 0 saturated heterocycles. The molecule has 0 aliphatic heterocycles. The van der Waals surface area contributed by atoms with Gasteiger partial charge < -0.3 is 10.6 Å². The van der Waals surface area contributed by atoms with E-state index < -0.39 is 6.04 Å². The first kappa shape index (κ1) is 18.6. The summed E-state index contributed by atoms with van der Waals surface area (Å²) in [5.41, 5.74) is 1.96. The SMILES string of the molecule is Cc1ccc(C(=O)NC(C(=O)NCc2ccccc2F)C(C)C)cc1. The molecule has 1 unspecified atom stereocenters. The number of aryl methyl sites for hydroxylation is 1. The highest BCUT2D eigenvalue weighted by Crippen LogP contribution is 2.09. The van der Waals surface area contributed by atoms with Gasteiger partial charge in [0.2, 0.25) is 5.91 Å². The third-order valence-electron chi connectivity index (χ3n) is 3.96. The number of hydrogen-bond donors (Lipinski definition) is 2. The lowest BCUT2D eigenvalue weighted by molar-refractivity contribution is -0.124. The molecule has 2 aromatic carbocycles. The van der Waals surface area contributed by atoms with E-state index in [0.717, 1.165) is 5.56 Å². The Kier molecular flexibility index (Phi) is 6.28. The first-order valence-electron chi connectivity index (χ1n) is 8.27. The van der Waals surface area contributed by atoms with Gasteiger partial charge in [-0.3, -0.25) is 9.59 Å². The summed E-state index contributed by atoms with van der Waals surface area (Å²) in [7, 11) is 0. The Labute approximate surface area is 147 Å². The highest BCUT2D eigenvalue weighted by molar-refractivity contribution is 5.97. The Morgan fingerprint density at radius 1 is 1.04 bits per heavy atom. The minimum Gasteiger partial charge on any atom is -0.350 e. The first-order valence-corrected chi connectivity index (χ1v) is 8.27. The highest BCUT2D eigenvalue weighted by atomic mass is 19.1. The Balaban J connectivity index is 2.01. The second-order valence-electron chi connectivity index (χ2n) is 6.37. The van der Waals surface area contributed by atoms with Crippen LogP contribution in [-0.4, -0.2) is 17.9 Å². The molecule has 0 aromatic heterocycles. The fourth-order valence-electron chi connectivity index (χ4n) is 2.40. The van der Waals surface area contributed by atoms with Gasteiger partial charge in [-0.1, -0.05) is 49.7 Å². The zero-order chi connectivity index (χ0) is 18.4. The van der Waals surface area contributed by atoms with Crippen molar-refractivity contribution in [3.63, 3.8) is 0 Å². The summed E-state index contributed by atoms with van der Waals surface area (Å²) >= 11 is 0. The predicted molar refractivity (Wildman–Crippen MR) is 95.5 cm³/mol. The Hall–Kier alpha value is -2.69. The summed E-state index contributed by atoms with van der Waals surface area (Å²) in [6, 6.07) is 12.7. The number of rotatable bonds is 6. The zero-order valence-electron chi connectivity index (χ0n) is 14.7. The van der Waals surface area contributed by atoms with E-state index in [9.17, 15) is 14.0 Å². The van der Waals surface area contributed by atoms with Gasteiger partial charge in [-0.15, -0.1) is 0 Å². The second kappa shape index (κ2) is 8.42. The lowest BCUT2D eigenvalue weighted by atomic mass is 10.0. The van der Waals surface area contributed by atoms with Crippen molar-refractivity contribution in [2.45, 2.75) is 33.4 Å². The van der Waals surface area contributed by atoms with E-state index in [1.165, 1.54) is 6.07 Å². The van der Waals surface area contributed by atoms with Crippen LogP contribution in [0.2, 0.25) is 0 Å². The summed E-state index contributed by atoms with van der Waals surface area (Å²) in [4.78, 5) is 24.8. The summed E-state index contributed by atoms with van der Waals surface area (Å²) < 4.78 is 13.6. The van der Waals surface area contributed by atoms with Crippen LogP contribution in [0.3, 0.4) is 0 Å². The van der Waals surface area contributed by atoms with Crippen molar-refractivity contribution in [3.05, 3.63) is 71.0 Å². The van der Waals surface area contributed by atoms with E-state index in [0.29, 0.717) is 11.1 Å². The number of carbonyl (C=O) groups is 2. The summed E-state index contributed by atoms with van der Waals surface area (Å²) in [5, 5.41) is 5.45. The molecule has 0 heterocycles. The number of benzene rings is 2. The molecule has 0 radical (unpaired) electrons. The molecule has 2 amide bonds. The molecule has 25 heavy (non-hydrogen) atoms. The topological polar surface area (TPSA) is 58.2 Å². The molecule has 0 aliphatic rings. The van der Waals surface area contributed by atoms with Crippen molar-refractivity contribution in [3.8, 4) is 0 Å². The van der Waals surface area contributed by atoms with Crippen LogP contribution in [0.5, 0.6) is 0 Å². The minimum atomic E-state index is -0.694. The molecule has 132 valence electrons. The minimum absolute atomic E-state index is 0.0785. The normalized spacial score (nSPS) is 11.9. The van der Waals surface area contributed by atoms with Gasteiger partial charge in [-0.25, -0.2) is 4.39 Å². The quantitative estimate of drug-likeness (QED) is 0.847. The van der Waals surface area contributed by atoms with E-state index in [1.807, 2.05) is 32.9 Å².